The van der Waals surface area contributed by atoms with E-state index in [0.717, 1.165) is 25.8 Å². The molecule has 1 atom stereocenters. The van der Waals surface area contributed by atoms with Crippen molar-refractivity contribution < 1.29 is 13.2 Å². The summed E-state index contributed by atoms with van der Waals surface area (Å²) in [4.78, 5) is 9.13. The summed E-state index contributed by atoms with van der Waals surface area (Å²) in [5.74, 6) is 2.69. The minimum Gasteiger partial charge on any atom is -0.383 e. The second-order valence-corrected chi connectivity index (χ2v) is 13.6. The molecule has 2 aromatic heterocycles. The quantitative estimate of drug-likeness (QED) is 0.167. The van der Waals surface area contributed by atoms with E-state index < -0.39 is 17.8 Å². The van der Waals surface area contributed by atoms with Gasteiger partial charge in [-0.05, 0) is 48.9 Å². The highest BCUT2D eigenvalue weighted by molar-refractivity contribution is 7.18. The molecule has 226 valence electrons. The fraction of sp³-hybridized carbons (Fsp3) is 0.344. The number of fused-ring (bicyclic) bond motifs is 2. The highest BCUT2D eigenvalue weighted by atomic mass is 32.1. The molecule has 0 spiro atoms. The van der Waals surface area contributed by atoms with Crippen LogP contribution in [0.15, 0.2) is 48.4 Å². The van der Waals surface area contributed by atoms with Crippen LogP contribution in [0.2, 0.25) is 0 Å². The number of aromatic nitrogens is 2. The largest absolute Gasteiger partial charge is 0.413 e. The van der Waals surface area contributed by atoms with Crippen molar-refractivity contribution in [1.82, 2.24) is 25.9 Å². The van der Waals surface area contributed by atoms with Gasteiger partial charge in [0.15, 0.2) is 5.54 Å². The van der Waals surface area contributed by atoms with Crippen LogP contribution in [-0.4, -0.2) is 33.2 Å². The van der Waals surface area contributed by atoms with Crippen LogP contribution in [0, 0.1) is 36.0 Å². The molecule has 6 rings (SSSR count). The molecule has 1 fully saturated rings. The van der Waals surface area contributed by atoms with Gasteiger partial charge in [-0.25, -0.2) is 4.98 Å². The number of hydrazine groups is 2. The Morgan fingerprint density at radius 2 is 1.98 bits per heavy atom. The second-order valence-electron chi connectivity index (χ2n) is 12.4. The third-order valence-corrected chi connectivity index (χ3v) is 8.87. The summed E-state index contributed by atoms with van der Waals surface area (Å²) in [6.45, 7) is 8.84. The second kappa shape index (κ2) is 10.6. The zero-order valence-corrected chi connectivity index (χ0v) is 25.5. The summed E-state index contributed by atoms with van der Waals surface area (Å²) >= 11 is 1.51. The number of hydrogen-bond acceptors (Lipinski definition) is 9. The standard InChI is InChI=1S/C32H31F3N8S/c1-6-19-15-37-27-20(14-36)12-21(13-23(27)26(19)38-17-30(3,4)5)40-28(22-8-7-9-24-29(22)44-18(2)39-24)25-16-43(42-41-25)31(10-11-31)32(33,34)35/h1,7-9,12-13,15-16,28,40-42H,10-11,17H2,2-5H3,(H,37,38)/t28-/m0/s1. The maximum atomic E-state index is 14.0. The SMILES string of the molecule is C#Cc1cnc2c(C#N)cc(N[C@H](C3=CN(C4(C(F)(F)F)CC4)NN3)c3cccc4nc(C)sc34)cc2c1NCC(C)(C)C. The number of pyridine rings is 1. The Morgan fingerprint density at radius 3 is 2.64 bits per heavy atom. The molecule has 0 unspecified atom stereocenters. The van der Waals surface area contributed by atoms with Crippen LogP contribution >= 0.6 is 11.3 Å². The Morgan fingerprint density at radius 1 is 1.20 bits per heavy atom. The Labute approximate surface area is 257 Å². The van der Waals surface area contributed by atoms with E-state index in [1.165, 1.54) is 17.5 Å². The molecule has 8 nitrogen and oxygen atoms in total. The number of rotatable bonds is 7. The summed E-state index contributed by atoms with van der Waals surface area (Å²) in [7, 11) is 0. The Bertz CT molecular complexity index is 1890. The summed E-state index contributed by atoms with van der Waals surface area (Å²) in [5, 5.41) is 19.8. The van der Waals surface area contributed by atoms with Crippen molar-refractivity contribution in [3.8, 4) is 18.4 Å². The number of anilines is 2. The number of benzene rings is 2. The van der Waals surface area contributed by atoms with Gasteiger partial charge in [0.1, 0.15) is 6.07 Å². The van der Waals surface area contributed by atoms with Gasteiger partial charge in [-0.1, -0.05) is 38.8 Å². The van der Waals surface area contributed by atoms with Crippen LogP contribution in [0.1, 0.15) is 61.4 Å². The molecule has 3 heterocycles. The predicted molar refractivity (Wildman–Crippen MR) is 167 cm³/mol. The lowest BCUT2D eigenvalue weighted by Gasteiger charge is -2.28. The zero-order valence-electron chi connectivity index (χ0n) is 24.6. The lowest BCUT2D eigenvalue weighted by molar-refractivity contribution is -0.195. The van der Waals surface area contributed by atoms with Crippen molar-refractivity contribution in [2.24, 2.45) is 5.41 Å². The average Bonchev–Trinajstić information content (AvgIpc) is 3.49. The van der Waals surface area contributed by atoms with E-state index in [9.17, 15) is 18.4 Å². The van der Waals surface area contributed by atoms with Gasteiger partial charge in [0.25, 0.3) is 0 Å². The molecule has 1 aliphatic carbocycles. The number of terminal acetylenes is 1. The number of aryl methyl sites for hydroxylation is 1. The van der Waals surface area contributed by atoms with Crippen LogP contribution in [0.4, 0.5) is 24.5 Å². The summed E-state index contributed by atoms with van der Waals surface area (Å²) in [6, 6.07) is 10.9. The number of nitrogens with one attached hydrogen (secondary N) is 4. The van der Waals surface area contributed by atoms with Crippen molar-refractivity contribution in [2.45, 2.75) is 58.3 Å². The number of halogens is 3. The molecule has 0 amide bonds. The van der Waals surface area contributed by atoms with E-state index in [1.807, 2.05) is 31.2 Å². The average molecular weight is 617 g/mol. The summed E-state index contributed by atoms with van der Waals surface area (Å²) in [5.41, 5.74) is 8.48. The first-order valence-electron chi connectivity index (χ1n) is 14.1. The zero-order chi connectivity index (χ0) is 31.4. The molecule has 2 aromatic carbocycles. The minimum atomic E-state index is -4.40. The topological polar surface area (TPSA) is 101 Å². The lowest BCUT2D eigenvalue weighted by Crippen LogP contribution is -2.52. The van der Waals surface area contributed by atoms with E-state index in [0.29, 0.717) is 45.6 Å². The van der Waals surface area contributed by atoms with Crippen molar-refractivity contribution in [3.05, 3.63) is 70.1 Å². The minimum absolute atomic E-state index is 0.00172. The number of thiazole rings is 1. The van der Waals surface area contributed by atoms with Crippen molar-refractivity contribution in [3.63, 3.8) is 0 Å². The van der Waals surface area contributed by atoms with Crippen molar-refractivity contribution in [2.75, 3.05) is 17.2 Å². The number of nitriles is 1. The van der Waals surface area contributed by atoms with Gasteiger partial charge in [0, 0.05) is 30.0 Å². The molecule has 4 aromatic rings. The first-order chi connectivity index (χ1) is 20.8. The molecule has 0 saturated heterocycles. The van der Waals surface area contributed by atoms with Crippen LogP contribution in [0.5, 0.6) is 0 Å². The first-order valence-corrected chi connectivity index (χ1v) is 14.9. The number of nitrogens with zero attached hydrogens (tertiary/aromatic N) is 4. The maximum absolute atomic E-state index is 14.0. The number of hydrogen-bond donors (Lipinski definition) is 4. The molecule has 2 aliphatic rings. The molecular weight excluding hydrogens is 585 g/mol. The highest BCUT2D eigenvalue weighted by Crippen LogP contribution is 2.54. The van der Waals surface area contributed by atoms with E-state index >= 15 is 0 Å². The Balaban J connectivity index is 1.48. The predicted octanol–water partition coefficient (Wildman–Crippen LogP) is 6.88. The molecular formula is C32H31F3N8S. The molecule has 1 saturated carbocycles. The van der Waals surface area contributed by atoms with Gasteiger partial charge >= 0.3 is 6.18 Å². The fourth-order valence-electron chi connectivity index (χ4n) is 5.41. The smallest absolute Gasteiger partial charge is 0.383 e. The molecule has 0 radical (unpaired) electrons. The van der Waals surface area contributed by atoms with Gasteiger partial charge in [0.2, 0.25) is 0 Å². The van der Waals surface area contributed by atoms with Gasteiger partial charge in [0.05, 0.1) is 49.3 Å². The van der Waals surface area contributed by atoms with Gasteiger partial charge in [-0.15, -0.1) is 23.3 Å². The van der Waals surface area contributed by atoms with Crippen LogP contribution < -0.4 is 21.6 Å². The monoisotopic (exact) mass is 616 g/mol. The van der Waals surface area contributed by atoms with E-state index in [4.69, 9.17) is 6.42 Å². The summed E-state index contributed by atoms with van der Waals surface area (Å²) < 4.78 is 42.9. The van der Waals surface area contributed by atoms with Gasteiger partial charge < -0.3 is 16.1 Å². The van der Waals surface area contributed by atoms with Crippen LogP contribution in [-0.2, 0) is 0 Å². The normalized spacial score (nSPS) is 16.7. The third kappa shape index (κ3) is 5.25. The molecule has 12 heteroatoms. The highest BCUT2D eigenvalue weighted by Gasteiger charge is 2.67. The van der Waals surface area contributed by atoms with Crippen LogP contribution in [0.25, 0.3) is 21.1 Å². The Hall–Kier alpha value is -4.52. The lowest BCUT2D eigenvalue weighted by atomic mass is 9.96. The summed E-state index contributed by atoms with van der Waals surface area (Å²) in [6.07, 6.45) is 4.51. The van der Waals surface area contributed by atoms with E-state index in [2.05, 4.69) is 64.3 Å². The Kier molecular flexibility index (Phi) is 7.10. The van der Waals surface area contributed by atoms with E-state index in [-0.39, 0.29) is 18.3 Å². The van der Waals surface area contributed by atoms with Gasteiger partial charge in [-0.2, -0.15) is 18.4 Å². The molecule has 4 N–H and O–H groups in total. The van der Waals surface area contributed by atoms with Crippen molar-refractivity contribution >= 4 is 43.8 Å². The van der Waals surface area contributed by atoms with E-state index in [1.54, 1.807) is 12.3 Å². The van der Waals surface area contributed by atoms with Gasteiger partial charge in [-0.3, -0.25) is 9.99 Å². The number of alkyl halides is 3. The molecule has 0 bridgehead atoms. The third-order valence-electron chi connectivity index (χ3n) is 7.83. The molecule has 1 aliphatic heterocycles. The molecule has 44 heavy (non-hydrogen) atoms. The maximum Gasteiger partial charge on any atom is 0.413 e. The fourth-order valence-corrected chi connectivity index (χ4v) is 6.37. The first kappa shape index (κ1) is 29.5. The van der Waals surface area contributed by atoms with Crippen molar-refractivity contribution in [1.29, 1.82) is 5.26 Å². The van der Waals surface area contributed by atoms with Crippen LogP contribution in [0.3, 0.4) is 0 Å².